The van der Waals surface area contributed by atoms with Gasteiger partial charge in [-0.1, -0.05) is 35.9 Å². The molecule has 1 fully saturated rings. The summed E-state index contributed by atoms with van der Waals surface area (Å²) in [6.07, 6.45) is 8.74. The minimum absolute atomic E-state index is 0.0325. The summed E-state index contributed by atoms with van der Waals surface area (Å²) in [6, 6.07) is 14.5. The summed E-state index contributed by atoms with van der Waals surface area (Å²) in [5.41, 5.74) is 3.18. The lowest BCUT2D eigenvalue weighted by Gasteiger charge is -2.35. The number of alkyl halides is 1. The molecular formula is C33H37Cl2N3O4. The van der Waals surface area contributed by atoms with Crippen LogP contribution in [0.25, 0.3) is 12.2 Å². The SMILES string of the molecule is CN1CCC(OCCCOc2ccc(C3c4[nH]c5c(c4CCN3C(=O)Oc3ccc(Cl)cc3)=CC(Cl)CC=5)cc2)CC1. The molecule has 0 bridgehead atoms. The number of likely N-dealkylation sites (tertiary alicyclic amines) is 1. The Morgan fingerprint density at radius 1 is 1.00 bits per heavy atom. The number of hydrogen-bond acceptors (Lipinski definition) is 5. The molecule has 3 aromatic rings. The highest BCUT2D eigenvalue weighted by molar-refractivity contribution is 6.30. The zero-order valence-corrected chi connectivity index (χ0v) is 25.4. The largest absolute Gasteiger partial charge is 0.494 e. The third-order valence-electron chi connectivity index (χ3n) is 8.32. The zero-order valence-electron chi connectivity index (χ0n) is 23.9. The summed E-state index contributed by atoms with van der Waals surface area (Å²) >= 11 is 12.5. The topological polar surface area (TPSA) is 67.0 Å². The molecule has 3 heterocycles. The van der Waals surface area contributed by atoms with Crippen molar-refractivity contribution in [1.82, 2.24) is 14.8 Å². The summed E-state index contributed by atoms with van der Waals surface area (Å²) in [4.78, 5) is 21.3. The van der Waals surface area contributed by atoms with E-state index in [2.05, 4.69) is 29.1 Å². The van der Waals surface area contributed by atoms with Crippen LogP contribution < -0.4 is 20.0 Å². The first-order valence-corrected chi connectivity index (χ1v) is 15.6. The third-order valence-corrected chi connectivity index (χ3v) is 8.87. The number of fused-ring (bicyclic) bond motifs is 3. The fraction of sp³-hybridized carbons (Fsp3) is 0.424. The Balaban J connectivity index is 1.17. The predicted molar refractivity (Wildman–Crippen MR) is 166 cm³/mol. The van der Waals surface area contributed by atoms with E-state index in [0.717, 1.165) is 66.3 Å². The van der Waals surface area contributed by atoms with Crippen LogP contribution >= 0.6 is 23.2 Å². The number of carbonyl (C=O) groups is 1. The van der Waals surface area contributed by atoms with Crippen LogP contribution in [0.3, 0.4) is 0 Å². The van der Waals surface area contributed by atoms with Crippen LogP contribution in [0.5, 0.6) is 11.5 Å². The highest BCUT2D eigenvalue weighted by Gasteiger charge is 2.35. The predicted octanol–water partition coefficient (Wildman–Crippen LogP) is 5.27. The van der Waals surface area contributed by atoms with Crippen molar-refractivity contribution in [2.75, 3.05) is 39.9 Å². The van der Waals surface area contributed by atoms with E-state index in [4.69, 9.17) is 37.4 Å². The van der Waals surface area contributed by atoms with Crippen molar-refractivity contribution in [2.24, 2.45) is 0 Å². The Morgan fingerprint density at radius 2 is 1.74 bits per heavy atom. The van der Waals surface area contributed by atoms with Crippen molar-refractivity contribution in [3.8, 4) is 11.5 Å². The smallest absolute Gasteiger partial charge is 0.416 e. The standard InChI is InChI=1S/C33H37Cl2N3O4/c1-37-16-13-26(14-17-37)41-20-2-19-40-25-8-3-22(4-9-25)32-31-28(29-21-24(35)7-12-30(29)36-31)15-18-38(32)33(39)42-27-10-5-23(34)6-11-27/h3-6,8-12,21,24,26,32,36H,2,7,13-20H2,1H3. The summed E-state index contributed by atoms with van der Waals surface area (Å²) in [5.74, 6) is 1.25. The van der Waals surface area contributed by atoms with Crippen molar-refractivity contribution in [2.45, 2.75) is 49.6 Å². The van der Waals surface area contributed by atoms with E-state index in [1.807, 2.05) is 24.3 Å². The Kier molecular flexibility index (Phi) is 9.10. The molecule has 1 N–H and O–H groups in total. The molecule has 222 valence electrons. The second kappa shape index (κ2) is 13.1. The van der Waals surface area contributed by atoms with Crippen LogP contribution in [0.1, 0.15) is 48.5 Å². The number of carbonyl (C=O) groups excluding carboxylic acids is 1. The van der Waals surface area contributed by atoms with E-state index in [1.54, 1.807) is 29.2 Å². The van der Waals surface area contributed by atoms with Gasteiger partial charge in [0.05, 0.1) is 24.7 Å². The third kappa shape index (κ3) is 6.65. The molecule has 0 radical (unpaired) electrons. The number of hydrogen-bond donors (Lipinski definition) is 1. The van der Waals surface area contributed by atoms with Crippen LogP contribution in [-0.4, -0.2) is 72.3 Å². The molecule has 2 atom stereocenters. The Hall–Kier alpha value is -2.97. The number of H-pyrrole nitrogens is 1. The number of benzene rings is 2. The Labute approximate surface area is 256 Å². The number of nitrogens with zero attached hydrogens (tertiary/aromatic N) is 2. The molecule has 9 heteroatoms. The van der Waals surface area contributed by atoms with Gasteiger partial charge in [-0.3, -0.25) is 4.90 Å². The average molecular weight is 611 g/mol. The van der Waals surface area contributed by atoms with Crippen LogP contribution in [0.4, 0.5) is 4.79 Å². The van der Waals surface area contributed by atoms with Crippen molar-refractivity contribution >= 4 is 41.4 Å². The van der Waals surface area contributed by atoms with Gasteiger partial charge in [0.1, 0.15) is 17.5 Å². The molecule has 1 aromatic heterocycles. The van der Waals surface area contributed by atoms with Gasteiger partial charge in [-0.05, 0) is 80.3 Å². The number of halogens is 2. The van der Waals surface area contributed by atoms with E-state index in [0.29, 0.717) is 43.1 Å². The van der Waals surface area contributed by atoms with Crippen molar-refractivity contribution < 1.29 is 19.0 Å². The van der Waals surface area contributed by atoms with Gasteiger partial charge >= 0.3 is 6.09 Å². The lowest BCUT2D eigenvalue weighted by Crippen LogP contribution is -2.43. The number of rotatable bonds is 8. The first-order valence-electron chi connectivity index (χ1n) is 14.8. The molecule has 2 aromatic carbocycles. The van der Waals surface area contributed by atoms with E-state index >= 15 is 0 Å². The molecule has 0 spiro atoms. The first kappa shape index (κ1) is 29.1. The molecule has 0 saturated carbocycles. The fourth-order valence-electron chi connectivity index (χ4n) is 6.05. The quantitative estimate of drug-likeness (QED) is 0.278. The van der Waals surface area contributed by atoms with Crippen LogP contribution in [-0.2, 0) is 11.2 Å². The zero-order chi connectivity index (χ0) is 29.1. The molecule has 1 saturated heterocycles. The van der Waals surface area contributed by atoms with Gasteiger partial charge in [0.15, 0.2) is 0 Å². The maximum atomic E-state index is 13.5. The number of amides is 1. The molecule has 1 aliphatic carbocycles. The normalized spacial score (nSPS) is 20.7. The lowest BCUT2D eigenvalue weighted by atomic mass is 9.92. The fourth-order valence-corrected chi connectivity index (χ4v) is 6.39. The number of aromatic nitrogens is 1. The summed E-state index contributed by atoms with van der Waals surface area (Å²) in [5, 5.41) is 2.77. The number of piperidine rings is 1. The molecule has 7 nitrogen and oxygen atoms in total. The maximum Gasteiger partial charge on any atom is 0.416 e. The van der Waals surface area contributed by atoms with Crippen molar-refractivity contribution in [3.05, 3.63) is 80.9 Å². The summed E-state index contributed by atoms with van der Waals surface area (Å²) in [6.45, 7) is 4.01. The van der Waals surface area contributed by atoms with Gasteiger partial charge in [-0.2, -0.15) is 0 Å². The first-order chi connectivity index (χ1) is 20.4. The Morgan fingerprint density at radius 3 is 2.50 bits per heavy atom. The van der Waals surface area contributed by atoms with Crippen LogP contribution in [0, 0.1) is 0 Å². The van der Waals surface area contributed by atoms with E-state index < -0.39 is 6.09 Å². The van der Waals surface area contributed by atoms with Crippen molar-refractivity contribution in [1.29, 1.82) is 0 Å². The Bertz CT molecular complexity index is 1500. The van der Waals surface area contributed by atoms with E-state index in [1.165, 1.54) is 5.56 Å². The molecule has 2 aliphatic heterocycles. The molecular weight excluding hydrogens is 573 g/mol. The average Bonchev–Trinajstić information content (AvgIpc) is 3.37. The number of ether oxygens (including phenoxy) is 3. The van der Waals surface area contributed by atoms with E-state index in [9.17, 15) is 4.79 Å². The highest BCUT2D eigenvalue weighted by atomic mass is 35.5. The van der Waals surface area contributed by atoms with Gasteiger partial charge in [-0.15, -0.1) is 11.6 Å². The second-order valence-corrected chi connectivity index (χ2v) is 12.3. The maximum absolute atomic E-state index is 13.5. The molecule has 2 unspecified atom stereocenters. The van der Waals surface area contributed by atoms with E-state index in [-0.39, 0.29) is 11.4 Å². The van der Waals surface area contributed by atoms with Gasteiger partial charge < -0.3 is 24.1 Å². The summed E-state index contributed by atoms with van der Waals surface area (Å²) in [7, 11) is 2.16. The molecule has 1 amide bonds. The minimum atomic E-state index is -0.409. The number of aromatic amines is 1. The van der Waals surface area contributed by atoms with Crippen molar-refractivity contribution in [3.63, 3.8) is 0 Å². The van der Waals surface area contributed by atoms with Crippen LogP contribution in [0.15, 0.2) is 48.5 Å². The molecule has 3 aliphatic rings. The number of nitrogens with one attached hydrogen (secondary N) is 1. The lowest BCUT2D eigenvalue weighted by molar-refractivity contribution is 0.00784. The molecule has 6 rings (SSSR count). The van der Waals surface area contributed by atoms with Crippen LogP contribution in [0.2, 0.25) is 5.02 Å². The monoisotopic (exact) mass is 609 g/mol. The van der Waals surface area contributed by atoms with Gasteiger partial charge in [0.25, 0.3) is 0 Å². The van der Waals surface area contributed by atoms with Gasteiger partial charge in [0, 0.05) is 47.3 Å². The minimum Gasteiger partial charge on any atom is -0.494 e. The van der Waals surface area contributed by atoms with Gasteiger partial charge in [0.2, 0.25) is 0 Å². The highest BCUT2D eigenvalue weighted by Crippen LogP contribution is 2.34. The van der Waals surface area contributed by atoms with Gasteiger partial charge in [-0.25, -0.2) is 4.79 Å². The molecule has 42 heavy (non-hydrogen) atoms. The summed E-state index contributed by atoms with van der Waals surface area (Å²) < 4.78 is 17.9. The second-order valence-electron chi connectivity index (χ2n) is 11.3.